The van der Waals surface area contributed by atoms with E-state index < -0.39 is 0 Å². The summed E-state index contributed by atoms with van der Waals surface area (Å²) >= 11 is 0. The Balaban J connectivity index is -0.00000196. The molecule has 0 amide bonds. The third-order valence-electron chi connectivity index (χ3n) is 5.46. The minimum absolute atomic E-state index is 0. The van der Waals surface area contributed by atoms with Crippen LogP contribution in [-0.4, -0.2) is 64.0 Å². The summed E-state index contributed by atoms with van der Waals surface area (Å²) in [5.41, 5.74) is 3.72. The first-order valence-electron chi connectivity index (χ1n) is 10.4. The third-order valence-corrected chi connectivity index (χ3v) is 5.46. The van der Waals surface area contributed by atoms with Crippen LogP contribution in [0.4, 0.5) is 0 Å². The smallest absolute Gasteiger partial charge is 0.0712 e. The van der Waals surface area contributed by atoms with Crippen molar-refractivity contribution in [1.82, 2.24) is 37.5 Å². The summed E-state index contributed by atoms with van der Waals surface area (Å²) in [7, 11) is 0. The summed E-state index contributed by atoms with van der Waals surface area (Å²) in [6.07, 6.45) is 4.84. The Morgan fingerprint density at radius 1 is 0.839 bits per heavy atom. The van der Waals surface area contributed by atoms with Crippen LogP contribution in [0.25, 0.3) is 0 Å². The molecule has 31 heavy (non-hydrogen) atoms. The number of benzene rings is 1. The van der Waals surface area contributed by atoms with Gasteiger partial charge in [-0.25, -0.2) is 0 Å². The molecule has 1 aromatic heterocycles. The van der Waals surface area contributed by atoms with E-state index in [1.807, 2.05) is 6.20 Å². The van der Waals surface area contributed by atoms with Gasteiger partial charge in [-0.3, -0.25) is 0 Å². The molecule has 0 aliphatic heterocycles. The summed E-state index contributed by atoms with van der Waals surface area (Å²) in [6.45, 7) is 14.2. The minimum Gasteiger partial charge on any atom is -0.344 e. The van der Waals surface area contributed by atoms with Gasteiger partial charge in [-0.15, -0.1) is 35.0 Å². The third kappa shape index (κ3) is 11.2. The molecule has 1 unspecified atom stereocenters. The van der Waals surface area contributed by atoms with Crippen LogP contribution in [0.3, 0.4) is 0 Å². The first-order chi connectivity index (χ1) is 13.2. The fourth-order valence-electron chi connectivity index (χ4n) is 3.69. The Morgan fingerprint density at radius 2 is 1.45 bits per heavy atom. The number of nitrogens with zero attached hydrogens (tertiary/aromatic N) is 5. The Bertz CT molecular complexity index is 653. The van der Waals surface area contributed by atoms with Crippen molar-refractivity contribution < 1.29 is 0 Å². The molecule has 1 atom stereocenters. The van der Waals surface area contributed by atoms with Gasteiger partial charge in [0.05, 0.1) is 11.9 Å². The summed E-state index contributed by atoms with van der Waals surface area (Å²) in [5, 5.41) is 12.4. The van der Waals surface area contributed by atoms with Gasteiger partial charge in [0.25, 0.3) is 0 Å². The van der Waals surface area contributed by atoms with Crippen molar-refractivity contribution in [3.63, 3.8) is 0 Å². The average molecular weight is 477 g/mol. The molecule has 2 aromatic rings. The molecule has 0 saturated carbocycles. The number of halogens is 2. The van der Waals surface area contributed by atoms with Crippen LogP contribution < -0.4 is 12.3 Å². The van der Waals surface area contributed by atoms with Gasteiger partial charge in [0.15, 0.2) is 0 Å². The van der Waals surface area contributed by atoms with Gasteiger partial charge in [-0.2, -0.15) is 0 Å². The van der Waals surface area contributed by atoms with E-state index in [0.29, 0.717) is 6.04 Å². The van der Waals surface area contributed by atoms with Crippen molar-refractivity contribution in [3.05, 3.63) is 53.3 Å². The second-order valence-corrected chi connectivity index (χ2v) is 6.95. The molecule has 0 radical (unpaired) electrons. The molecule has 6 N–H and O–H groups in total. The van der Waals surface area contributed by atoms with E-state index in [2.05, 4.69) is 83.2 Å². The number of aromatic nitrogens is 3. The van der Waals surface area contributed by atoms with Crippen LogP contribution in [0.15, 0.2) is 36.5 Å². The maximum atomic E-state index is 4.43. The second kappa shape index (κ2) is 19.3. The highest BCUT2D eigenvalue weighted by molar-refractivity contribution is 5.85. The monoisotopic (exact) mass is 475 g/mol. The van der Waals surface area contributed by atoms with E-state index in [0.717, 1.165) is 57.7 Å². The lowest BCUT2D eigenvalue weighted by Gasteiger charge is -2.30. The highest BCUT2D eigenvalue weighted by Crippen LogP contribution is 2.16. The molecular formula is C22H43Cl2N7. The zero-order valence-corrected chi connectivity index (χ0v) is 21.3. The maximum Gasteiger partial charge on any atom is 0.0712 e. The molecule has 2 rings (SSSR count). The van der Waals surface area contributed by atoms with E-state index >= 15 is 0 Å². The summed E-state index contributed by atoms with van der Waals surface area (Å²) in [6, 6.07) is 11.2. The summed E-state index contributed by atoms with van der Waals surface area (Å²) in [5.74, 6) is 0. The lowest BCUT2D eigenvalue weighted by Crippen LogP contribution is -2.39. The van der Waals surface area contributed by atoms with Gasteiger partial charge in [-0.1, -0.05) is 58.0 Å². The highest BCUT2D eigenvalue weighted by Gasteiger charge is 2.20. The molecule has 0 aliphatic rings. The zero-order valence-electron chi connectivity index (χ0n) is 19.7. The lowest BCUT2D eigenvalue weighted by molar-refractivity contribution is 0.211. The van der Waals surface area contributed by atoms with Gasteiger partial charge in [0, 0.05) is 19.0 Å². The second-order valence-electron chi connectivity index (χ2n) is 6.95. The van der Waals surface area contributed by atoms with E-state index in [1.54, 1.807) is 0 Å². The maximum absolute atomic E-state index is 4.43. The minimum atomic E-state index is 0. The zero-order chi connectivity index (χ0) is 19.5. The van der Waals surface area contributed by atoms with Crippen molar-refractivity contribution in [2.45, 2.75) is 53.0 Å². The van der Waals surface area contributed by atoms with Gasteiger partial charge >= 0.3 is 0 Å². The normalized spacial score (nSPS) is 11.0. The number of hydrogen-bond acceptors (Lipinski definition) is 7. The molecule has 0 aliphatic carbocycles. The molecule has 1 aromatic carbocycles. The van der Waals surface area contributed by atoms with Crippen molar-refractivity contribution in [1.29, 1.82) is 0 Å². The number of likely N-dealkylation sites (N-methyl/N-ethyl adjacent to an activating group) is 2. The van der Waals surface area contributed by atoms with Crippen molar-refractivity contribution in [2.24, 2.45) is 0 Å². The van der Waals surface area contributed by atoms with Gasteiger partial charge in [0.1, 0.15) is 0 Å². The van der Waals surface area contributed by atoms with Crippen LogP contribution in [0.1, 0.15) is 44.5 Å². The lowest BCUT2D eigenvalue weighted by atomic mass is 9.97. The van der Waals surface area contributed by atoms with Crippen LogP contribution in [0.5, 0.6) is 0 Å². The Hall–Kier alpha value is -1.35. The molecule has 0 spiro atoms. The molecule has 9 heteroatoms. The molecule has 0 saturated heterocycles. The summed E-state index contributed by atoms with van der Waals surface area (Å²) in [4.78, 5) is 4.97. The van der Waals surface area contributed by atoms with Gasteiger partial charge in [-0.05, 0) is 55.4 Å². The first-order valence-corrected chi connectivity index (χ1v) is 10.4. The molecule has 0 fully saturated rings. The average Bonchev–Trinajstić information content (AvgIpc) is 2.71. The van der Waals surface area contributed by atoms with E-state index in [-0.39, 0.29) is 37.1 Å². The molecule has 180 valence electrons. The molecule has 7 nitrogen and oxygen atoms in total. The van der Waals surface area contributed by atoms with E-state index in [9.17, 15) is 0 Å². The SMILES string of the molecule is CCN(CC)CCc1cnnnc1CC(Cc1ccccc1)N(CC)CC.Cl.Cl.N.N. The van der Waals surface area contributed by atoms with Crippen LogP contribution in [0, 0.1) is 0 Å². The standard InChI is InChI=1S/C22H35N5.2ClH.2H3N/c1-5-26(6-2)15-14-20-18-23-25-24-22(20)17-21(27(7-3)8-4)16-19-12-10-9-11-13-19;;;;/h9-13,18,21H,5-8,14-17H2,1-4H3;2*1H;2*1H3. The first kappa shape index (κ1) is 34.3. The van der Waals surface area contributed by atoms with Crippen molar-refractivity contribution in [2.75, 3.05) is 32.7 Å². The van der Waals surface area contributed by atoms with Crippen LogP contribution in [0.2, 0.25) is 0 Å². The van der Waals surface area contributed by atoms with Gasteiger partial charge in [0.2, 0.25) is 0 Å². The Morgan fingerprint density at radius 3 is 2.00 bits per heavy atom. The summed E-state index contributed by atoms with van der Waals surface area (Å²) < 4.78 is 0. The Kier molecular flexibility index (Phi) is 21.4. The van der Waals surface area contributed by atoms with Crippen LogP contribution in [-0.2, 0) is 19.3 Å². The fraction of sp³-hybridized carbons (Fsp3) is 0.591. The van der Waals surface area contributed by atoms with Crippen molar-refractivity contribution in [3.8, 4) is 0 Å². The van der Waals surface area contributed by atoms with Crippen molar-refractivity contribution >= 4 is 24.8 Å². The van der Waals surface area contributed by atoms with E-state index in [1.165, 1.54) is 11.1 Å². The quantitative estimate of drug-likeness (QED) is 0.466. The predicted molar refractivity (Wildman–Crippen MR) is 136 cm³/mol. The molecule has 0 bridgehead atoms. The Labute approximate surface area is 201 Å². The van der Waals surface area contributed by atoms with Crippen LogP contribution >= 0.6 is 24.8 Å². The number of hydrogen-bond donors (Lipinski definition) is 2. The fourth-order valence-corrected chi connectivity index (χ4v) is 3.69. The predicted octanol–water partition coefficient (Wildman–Crippen LogP) is 4.42. The number of rotatable bonds is 12. The van der Waals surface area contributed by atoms with Gasteiger partial charge < -0.3 is 22.1 Å². The highest BCUT2D eigenvalue weighted by atomic mass is 35.5. The largest absolute Gasteiger partial charge is 0.344 e. The van der Waals surface area contributed by atoms with E-state index in [4.69, 9.17) is 0 Å². The molecular weight excluding hydrogens is 433 g/mol. The topological polar surface area (TPSA) is 115 Å². The molecule has 1 heterocycles.